The van der Waals surface area contributed by atoms with Gasteiger partial charge in [0.25, 0.3) is 0 Å². The molecule has 0 bridgehead atoms. The molecule has 1 aromatic rings. The van der Waals surface area contributed by atoms with Gasteiger partial charge in [-0.2, -0.15) is 0 Å². The molecule has 6 nitrogen and oxygen atoms in total. The van der Waals surface area contributed by atoms with Crippen molar-refractivity contribution in [2.75, 3.05) is 32.0 Å². The Hall–Kier alpha value is -1.60. The van der Waals surface area contributed by atoms with Crippen molar-refractivity contribution in [3.63, 3.8) is 0 Å². The maximum atomic E-state index is 12.5. The van der Waals surface area contributed by atoms with Crippen molar-refractivity contribution in [3.8, 4) is 0 Å². The van der Waals surface area contributed by atoms with Gasteiger partial charge in [-0.05, 0) is 42.9 Å². The molecule has 2 amide bonds. The number of fused-ring (bicyclic) bond motifs is 1. The van der Waals surface area contributed by atoms with Crippen LogP contribution in [0.25, 0.3) is 0 Å². The van der Waals surface area contributed by atoms with Gasteiger partial charge in [0.05, 0.1) is 5.25 Å². The largest absolute Gasteiger partial charge is 0.324 e. The van der Waals surface area contributed by atoms with Gasteiger partial charge in [-0.3, -0.25) is 0 Å². The molecule has 0 unspecified atom stereocenters. The second-order valence-electron chi connectivity index (χ2n) is 6.67. The first kappa shape index (κ1) is 17.2. The monoisotopic (exact) mass is 351 g/mol. The molecule has 3 rings (SSSR count). The highest BCUT2D eigenvalue weighted by Crippen LogP contribution is 2.33. The van der Waals surface area contributed by atoms with Gasteiger partial charge in [0, 0.05) is 32.4 Å². The molecule has 1 aromatic carbocycles. The van der Waals surface area contributed by atoms with Crippen LogP contribution in [0.15, 0.2) is 24.3 Å². The third-order valence-electron chi connectivity index (χ3n) is 5.19. The number of likely N-dealkylation sites (tertiary alicyclic amines) is 1. The maximum absolute atomic E-state index is 12.5. The number of hydrogen-bond donors (Lipinski definition) is 1. The summed E-state index contributed by atoms with van der Waals surface area (Å²) in [6, 6.07) is 7.67. The highest BCUT2D eigenvalue weighted by molar-refractivity contribution is 7.90. The van der Waals surface area contributed by atoms with Crippen LogP contribution >= 0.6 is 0 Å². The molecule has 2 aliphatic rings. The highest BCUT2D eigenvalue weighted by Gasteiger charge is 2.45. The molecule has 132 valence electrons. The minimum atomic E-state index is -3.19. The summed E-state index contributed by atoms with van der Waals surface area (Å²) in [6.07, 6.45) is 2.21. The van der Waals surface area contributed by atoms with Crippen LogP contribution in [0.4, 0.5) is 10.5 Å². The predicted molar refractivity (Wildman–Crippen MR) is 94.5 cm³/mol. The van der Waals surface area contributed by atoms with Crippen LogP contribution in [0, 0.1) is 5.92 Å². The van der Waals surface area contributed by atoms with Gasteiger partial charge < -0.3 is 10.2 Å². The van der Waals surface area contributed by atoms with E-state index >= 15 is 0 Å². The SMILES string of the molecule is CCc1ccc(NC(=O)N2CC[C@@H]3CN(C)S(=O)(=O)[C@@H]3CC2)cc1. The van der Waals surface area contributed by atoms with E-state index in [4.69, 9.17) is 0 Å². The van der Waals surface area contributed by atoms with Gasteiger partial charge in [0.2, 0.25) is 10.0 Å². The maximum Gasteiger partial charge on any atom is 0.321 e. The number of amides is 2. The zero-order valence-electron chi connectivity index (χ0n) is 14.2. The van der Waals surface area contributed by atoms with E-state index in [0.717, 1.165) is 18.5 Å². The number of nitrogens with zero attached hydrogens (tertiary/aromatic N) is 2. The fourth-order valence-electron chi connectivity index (χ4n) is 3.63. The van der Waals surface area contributed by atoms with E-state index in [0.29, 0.717) is 26.1 Å². The summed E-state index contributed by atoms with van der Waals surface area (Å²) in [4.78, 5) is 14.2. The van der Waals surface area contributed by atoms with Crippen LogP contribution in [-0.2, 0) is 16.4 Å². The van der Waals surface area contributed by atoms with E-state index in [1.54, 1.807) is 11.9 Å². The number of nitrogens with one attached hydrogen (secondary N) is 1. The molecule has 0 saturated carbocycles. The van der Waals surface area contributed by atoms with E-state index < -0.39 is 10.0 Å². The predicted octanol–water partition coefficient (Wildman–Crippen LogP) is 2.14. The van der Waals surface area contributed by atoms with E-state index in [9.17, 15) is 13.2 Å². The lowest BCUT2D eigenvalue weighted by molar-refractivity contribution is 0.212. The van der Waals surface area contributed by atoms with E-state index in [-0.39, 0.29) is 17.2 Å². The Bertz CT molecular complexity index is 702. The molecular formula is C17H25N3O3S. The standard InChI is InChI=1S/C17H25N3O3S/c1-3-13-4-6-15(7-5-13)18-17(21)20-10-8-14-12-19(2)24(22,23)16(14)9-11-20/h4-7,14,16H,3,8-12H2,1-2H3,(H,18,21)/t14-,16-/m1/s1. The number of carbonyl (C=O) groups is 1. The zero-order chi connectivity index (χ0) is 17.3. The summed E-state index contributed by atoms with van der Waals surface area (Å²) in [6.45, 7) is 3.74. The third-order valence-corrected chi connectivity index (χ3v) is 7.59. The van der Waals surface area contributed by atoms with Crippen molar-refractivity contribution in [2.45, 2.75) is 31.4 Å². The first-order valence-corrected chi connectivity index (χ1v) is 10.0. The Labute approximate surface area is 143 Å². The lowest BCUT2D eigenvalue weighted by Crippen LogP contribution is -2.37. The molecule has 2 heterocycles. The lowest BCUT2D eigenvalue weighted by atomic mass is 10.0. The van der Waals surface area contributed by atoms with Crippen molar-refractivity contribution >= 4 is 21.7 Å². The van der Waals surface area contributed by atoms with Crippen LogP contribution in [-0.4, -0.2) is 55.6 Å². The van der Waals surface area contributed by atoms with Crippen LogP contribution < -0.4 is 5.32 Å². The van der Waals surface area contributed by atoms with Gasteiger partial charge in [0.15, 0.2) is 0 Å². The summed E-state index contributed by atoms with van der Waals surface area (Å²) in [5, 5.41) is 2.57. The third kappa shape index (κ3) is 3.28. The normalized spacial score (nSPS) is 26.7. The molecule has 0 spiro atoms. The van der Waals surface area contributed by atoms with E-state index in [2.05, 4.69) is 12.2 Å². The number of benzene rings is 1. The van der Waals surface area contributed by atoms with Crippen molar-refractivity contribution in [1.29, 1.82) is 0 Å². The summed E-state index contributed by atoms with van der Waals surface area (Å²) in [5.74, 6) is 0.127. The average Bonchev–Trinajstić information content (AvgIpc) is 2.72. The number of carbonyl (C=O) groups excluding carboxylic acids is 1. The summed E-state index contributed by atoms with van der Waals surface area (Å²) in [7, 11) is -1.54. The minimum absolute atomic E-state index is 0.127. The second-order valence-corrected chi connectivity index (χ2v) is 8.93. The average molecular weight is 351 g/mol. The quantitative estimate of drug-likeness (QED) is 0.887. The summed E-state index contributed by atoms with van der Waals surface area (Å²) >= 11 is 0. The fourth-order valence-corrected chi connectivity index (χ4v) is 5.61. The van der Waals surface area contributed by atoms with Crippen molar-refractivity contribution in [2.24, 2.45) is 5.92 Å². The minimum Gasteiger partial charge on any atom is -0.324 e. The van der Waals surface area contributed by atoms with Crippen LogP contribution in [0.2, 0.25) is 0 Å². The van der Waals surface area contributed by atoms with Crippen molar-refractivity contribution in [1.82, 2.24) is 9.21 Å². The zero-order valence-corrected chi connectivity index (χ0v) is 15.1. The topological polar surface area (TPSA) is 69.7 Å². The second kappa shape index (κ2) is 6.72. The molecule has 1 N–H and O–H groups in total. The van der Waals surface area contributed by atoms with Crippen molar-refractivity contribution < 1.29 is 13.2 Å². The molecule has 7 heteroatoms. The number of aryl methyl sites for hydroxylation is 1. The Morgan fingerprint density at radius 3 is 2.54 bits per heavy atom. The molecular weight excluding hydrogens is 326 g/mol. The van der Waals surface area contributed by atoms with Crippen molar-refractivity contribution in [3.05, 3.63) is 29.8 Å². The molecule has 2 atom stereocenters. The first-order chi connectivity index (χ1) is 11.4. The van der Waals surface area contributed by atoms with E-state index in [1.807, 2.05) is 24.3 Å². The lowest BCUT2D eigenvalue weighted by Gasteiger charge is -2.22. The van der Waals surface area contributed by atoms with Crippen LogP contribution in [0.5, 0.6) is 0 Å². The Kier molecular flexibility index (Phi) is 4.83. The van der Waals surface area contributed by atoms with E-state index in [1.165, 1.54) is 9.87 Å². The van der Waals surface area contributed by atoms with Gasteiger partial charge in [-0.15, -0.1) is 0 Å². The van der Waals surface area contributed by atoms with Gasteiger partial charge in [0.1, 0.15) is 0 Å². The number of urea groups is 1. The number of hydrogen-bond acceptors (Lipinski definition) is 3. The Morgan fingerprint density at radius 2 is 1.88 bits per heavy atom. The molecule has 2 fully saturated rings. The molecule has 0 aromatic heterocycles. The van der Waals surface area contributed by atoms with Gasteiger partial charge in [-0.1, -0.05) is 19.1 Å². The molecule has 24 heavy (non-hydrogen) atoms. The number of anilines is 1. The molecule has 2 aliphatic heterocycles. The van der Waals surface area contributed by atoms with Gasteiger partial charge in [-0.25, -0.2) is 17.5 Å². The smallest absolute Gasteiger partial charge is 0.321 e. The molecule has 2 saturated heterocycles. The fraction of sp³-hybridized carbons (Fsp3) is 0.588. The van der Waals surface area contributed by atoms with Crippen LogP contribution in [0.1, 0.15) is 25.3 Å². The Morgan fingerprint density at radius 1 is 1.21 bits per heavy atom. The first-order valence-electron chi connectivity index (χ1n) is 8.52. The summed E-state index contributed by atoms with van der Waals surface area (Å²) in [5.41, 5.74) is 2.00. The number of rotatable bonds is 2. The number of sulfonamides is 1. The summed E-state index contributed by atoms with van der Waals surface area (Å²) < 4.78 is 26.1. The van der Waals surface area contributed by atoms with Crippen LogP contribution in [0.3, 0.4) is 0 Å². The van der Waals surface area contributed by atoms with Gasteiger partial charge >= 0.3 is 6.03 Å². The molecule has 0 aliphatic carbocycles. The highest BCUT2D eigenvalue weighted by atomic mass is 32.2. The molecule has 0 radical (unpaired) electrons. The Balaban J connectivity index is 1.63.